The standard InChI is InChI=1S/C43H51ClN8O3S/c1-27-33(32-13-3-4-14-36(32)51-27)23-38-41(54)50-26-34-31(29-11-8-20-47-24-29)16-17-35(44)40(34)56-42-30(12-9-21-48-42)25-49-37(15-7-19-46)39(53)22-28(10-5-6-18-45)43(55)52(38)2/h3-4,8-9,11-14,16-17,20-21,24,28,37-38,49,51H,5-7,10,15,18-19,22-23,25-26,45-46H2,1-2H3,(H,50,54)/t28-,37+,38+/m1/s1. The Morgan fingerprint density at radius 3 is 2.52 bits per heavy atom. The lowest BCUT2D eigenvalue weighted by molar-refractivity contribution is -0.143. The van der Waals surface area contributed by atoms with Crippen LogP contribution in [0.25, 0.3) is 22.0 Å². The fraction of sp³-hybridized carbons (Fsp3) is 0.372. The normalized spacial score (nSPS) is 18.7. The van der Waals surface area contributed by atoms with Crippen molar-refractivity contribution >= 4 is 51.9 Å². The number of hydrogen-bond donors (Lipinski definition) is 5. The third kappa shape index (κ3) is 9.67. The van der Waals surface area contributed by atoms with Crippen molar-refractivity contribution in [2.45, 2.75) is 87.0 Å². The molecule has 3 atom stereocenters. The number of nitrogens with one attached hydrogen (secondary N) is 3. The van der Waals surface area contributed by atoms with Gasteiger partial charge in [0.2, 0.25) is 11.8 Å². The summed E-state index contributed by atoms with van der Waals surface area (Å²) in [5, 5.41) is 8.93. The van der Waals surface area contributed by atoms with E-state index < -0.39 is 18.0 Å². The molecule has 6 rings (SSSR count). The Morgan fingerprint density at radius 2 is 1.73 bits per heavy atom. The first-order valence-corrected chi connectivity index (χ1v) is 20.5. The van der Waals surface area contributed by atoms with Crippen LogP contribution in [0.3, 0.4) is 0 Å². The molecule has 2 amide bonds. The van der Waals surface area contributed by atoms with Gasteiger partial charge in [-0.25, -0.2) is 4.98 Å². The van der Waals surface area contributed by atoms with Crippen LogP contribution >= 0.6 is 23.4 Å². The molecule has 5 aromatic rings. The predicted molar refractivity (Wildman–Crippen MR) is 223 cm³/mol. The Labute approximate surface area is 337 Å². The van der Waals surface area contributed by atoms with E-state index in [-0.39, 0.29) is 37.0 Å². The first-order chi connectivity index (χ1) is 27.2. The van der Waals surface area contributed by atoms with E-state index in [4.69, 9.17) is 28.1 Å². The highest BCUT2D eigenvalue weighted by atomic mass is 35.5. The molecule has 1 aliphatic rings. The number of carbonyl (C=O) groups excluding carboxylic acids is 3. The quantitative estimate of drug-likeness (QED) is 0.101. The van der Waals surface area contributed by atoms with E-state index in [1.807, 2.05) is 67.6 Å². The molecule has 294 valence electrons. The summed E-state index contributed by atoms with van der Waals surface area (Å²) in [6.45, 7) is 3.38. The largest absolute Gasteiger partial charge is 0.358 e. The van der Waals surface area contributed by atoms with Crippen molar-refractivity contribution < 1.29 is 14.4 Å². The van der Waals surface area contributed by atoms with Gasteiger partial charge >= 0.3 is 0 Å². The van der Waals surface area contributed by atoms with E-state index in [0.717, 1.165) is 60.8 Å². The van der Waals surface area contributed by atoms with Crippen LogP contribution < -0.4 is 22.1 Å². The number of aromatic amines is 1. The second-order valence-electron chi connectivity index (χ2n) is 14.4. The van der Waals surface area contributed by atoms with Gasteiger partial charge in [0, 0.05) is 84.5 Å². The zero-order chi connectivity index (χ0) is 39.6. The molecule has 0 saturated carbocycles. The van der Waals surface area contributed by atoms with Crippen LogP contribution in [0.2, 0.25) is 5.02 Å². The Kier molecular flexibility index (Phi) is 14.3. The van der Waals surface area contributed by atoms with E-state index in [2.05, 4.69) is 20.6 Å². The van der Waals surface area contributed by atoms with E-state index in [1.54, 1.807) is 30.5 Å². The van der Waals surface area contributed by atoms with Gasteiger partial charge < -0.3 is 32.0 Å². The minimum Gasteiger partial charge on any atom is -0.358 e. The summed E-state index contributed by atoms with van der Waals surface area (Å²) in [5.74, 6) is -1.28. The number of nitrogens with two attached hydrogens (primary N) is 2. The number of hydrogen-bond acceptors (Lipinski definition) is 9. The molecular weight excluding hydrogens is 744 g/mol. The maximum atomic E-state index is 14.7. The maximum Gasteiger partial charge on any atom is 0.243 e. The highest BCUT2D eigenvalue weighted by molar-refractivity contribution is 7.99. The molecule has 0 unspecified atom stereocenters. The topological polar surface area (TPSA) is 172 Å². The summed E-state index contributed by atoms with van der Waals surface area (Å²) in [6, 6.07) is 18.0. The first kappa shape index (κ1) is 41.1. The SMILES string of the molecule is Cc1[nH]c2ccccc2c1C[C@H]1C(=O)NCc2c(-c3cccnc3)ccc(Cl)c2Sc2ncccc2CN[C@@H](CCCN)C(=O)C[C@@H](CCCCN)C(=O)N1C. The number of rotatable bonds is 10. The summed E-state index contributed by atoms with van der Waals surface area (Å²) in [7, 11) is 1.68. The van der Waals surface area contributed by atoms with Crippen LogP contribution in [-0.4, -0.2) is 69.7 Å². The summed E-state index contributed by atoms with van der Waals surface area (Å²) >= 11 is 8.44. The molecule has 4 heterocycles. The lowest BCUT2D eigenvalue weighted by atomic mass is 9.90. The molecule has 0 radical (unpaired) electrons. The summed E-state index contributed by atoms with van der Waals surface area (Å²) in [6.07, 6.45) is 8.55. The fourth-order valence-corrected chi connectivity index (χ4v) is 8.86. The van der Waals surface area contributed by atoms with Crippen molar-refractivity contribution in [2.75, 3.05) is 20.1 Å². The van der Waals surface area contributed by atoms with E-state index in [9.17, 15) is 14.4 Å². The molecule has 3 aromatic heterocycles. The van der Waals surface area contributed by atoms with Crippen molar-refractivity contribution in [3.05, 3.63) is 107 Å². The number of H-pyrrole nitrogens is 1. The van der Waals surface area contributed by atoms with Crippen LogP contribution in [-0.2, 0) is 33.9 Å². The Balaban J connectivity index is 1.48. The highest BCUT2D eigenvalue weighted by Gasteiger charge is 2.35. The van der Waals surface area contributed by atoms with Gasteiger partial charge in [0.05, 0.1) is 11.1 Å². The summed E-state index contributed by atoms with van der Waals surface area (Å²) < 4.78 is 0. The fourth-order valence-electron chi connectivity index (χ4n) is 7.52. The van der Waals surface area contributed by atoms with Crippen molar-refractivity contribution in [1.82, 2.24) is 30.5 Å². The monoisotopic (exact) mass is 794 g/mol. The molecule has 0 spiro atoms. The molecule has 2 aromatic carbocycles. The molecule has 13 heteroatoms. The Morgan fingerprint density at radius 1 is 0.929 bits per heavy atom. The van der Waals surface area contributed by atoms with Crippen molar-refractivity contribution in [2.24, 2.45) is 17.4 Å². The molecule has 11 nitrogen and oxygen atoms in total. The van der Waals surface area contributed by atoms with Gasteiger partial charge in [0.15, 0.2) is 5.78 Å². The van der Waals surface area contributed by atoms with Crippen LogP contribution in [0.5, 0.6) is 0 Å². The number of unbranched alkanes of at least 4 members (excludes halogenated alkanes) is 1. The van der Waals surface area contributed by atoms with Crippen LogP contribution in [0, 0.1) is 12.8 Å². The Bertz CT molecular complexity index is 2140. The third-order valence-corrected chi connectivity index (χ3v) is 12.3. The average Bonchev–Trinajstić information content (AvgIpc) is 3.53. The number of fused-ring (bicyclic) bond motifs is 3. The van der Waals surface area contributed by atoms with Gasteiger partial charge in [-0.3, -0.25) is 19.4 Å². The molecule has 1 aliphatic heterocycles. The van der Waals surface area contributed by atoms with E-state index in [0.29, 0.717) is 50.3 Å². The smallest absolute Gasteiger partial charge is 0.243 e. The second kappa shape index (κ2) is 19.5. The molecule has 56 heavy (non-hydrogen) atoms. The van der Waals surface area contributed by atoms with Gasteiger partial charge in [-0.05, 0) is 92.2 Å². The number of pyridine rings is 2. The average molecular weight is 795 g/mol. The number of halogens is 1. The number of benzene rings is 2. The highest BCUT2D eigenvalue weighted by Crippen LogP contribution is 2.41. The zero-order valence-electron chi connectivity index (χ0n) is 32.0. The van der Waals surface area contributed by atoms with Gasteiger partial charge in [-0.1, -0.05) is 66.2 Å². The number of likely N-dealkylation sites (N-methyl/N-ethyl adjacent to an activating group) is 1. The number of aryl methyl sites for hydroxylation is 1. The lowest BCUT2D eigenvalue weighted by Crippen LogP contribution is -2.51. The molecular formula is C43H51ClN8O3S. The minimum absolute atomic E-state index is 0.0284. The number of nitrogens with zero attached hydrogens (tertiary/aromatic N) is 3. The number of Topliss-reactive ketones (excluding diaryl/α,β-unsaturated/α-hetero) is 1. The minimum atomic E-state index is -0.895. The van der Waals surface area contributed by atoms with Crippen LogP contribution in [0.4, 0.5) is 0 Å². The summed E-state index contributed by atoms with van der Waals surface area (Å²) in [4.78, 5) is 58.5. The van der Waals surface area contributed by atoms with Crippen molar-refractivity contribution in [3.8, 4) is 11.1 Å². The summed E-state index contributed by atoms with van der Waals surface area (Å²) in [5.41, 5.74) is 18.0. The van der Waals surface area contributed by atoms with Gasteiger partial charge in [0.1, 0.15) is 11.1 Å². The first-order valence-electron chi connectivity index (χ1n) is 19.3. The van der Waals surface area contributed by atoms with Crippen LogP contribution in [0.15, 0.2) is 89.2 Å². The number of aromatic nitrogens is 3. The molecule has 0 bridgehead atoms. The van der Waals surface area contributed by atoms with Crippen molar-refractivity contribution in [1.29, 1.82) is 0 Å². The molecule has 0 fully saturated rings. The number of carbonyl (C=O) groups is 3. The third-order valence-electron chi connectivity index (χ3n) is 10.6. The zero-order valence-corrected chi connectivity index (χ0v) is 33.6. The van der Waals surface area contributed by atoms with E-state index in [1.165, 1.54) is 11.8 Å². The van der Waals surface area contributed by atoms with Gasteiger partial charge in [0.25, 0.3) is 0 Å². The predicted octanol–water partition coefficient (Wildman–Crippen LogP) is 6.34. The molecule has 0 saturated heterocycles. The Hall–Kier alpha value is -4.59. The number of para-hydroxylation sites is 1. The maximum absolute atomic E-state index is 14.7. The number of amides is 2. The lowest BCUT2D eigenvalue weighted by Gasteiger charge is -2.31. The molecule has 0 aliphatic carbocycles. The second-order valence-corrected chi connectivity index (χ2v) is 15.8. The van der Waals surface area contributed by atoms with E-state index >= 15 is 0 Å². The van der Waals surface area contributed by atoms with Crippen molar-refractivity contribution in [3.63, 3.8) is 0 Å². The van der Waals surface area contributed by atoms with Gasteiger partial charge in [-0.2, -0.15) is 0 Å². The van der Waals surface area contributed by atoms with Gasteiger partial charge in [-0.15, -0.1) is 0 Å². The van der Waals surface area contributed by atoms with Crippen LogP contribution in [0.1, 0.15) is 60.9 Å². The number of ketones is 1. The molecule has 7 N–H and O–H groups in total.